The highest BCUT2D eigenvalue weighted by Crippen LogP contribution is 2.39. The van der Waals surface area contributed by atoms with Crippen molar-refractivity contribution in [2.24, 2.45) is 0 Å². The van der Waals surface area contributed by atoms with E-state index in [-0.39, 0.29) is 23.1 Å². The SMILES string of the molecule is Cc1ccc(SC(CC(=O)c2ccc(Cl)cc2)c2ccc([N+](=O)[O-])cc2)cc1. The predicted octanol–water partition coefficient (Wildman–Crippen LogP) is 6.66. The summed E-state index contributed by atoms with van der Waals surface area (Å²) in [6.07, 6.45) is 0.276. The second-order valence-electron chi connectivity index (χ2n) is 6.40. The standard InChI is InChI=1S/C22H18ClNO3S/c1-15-2-12-20(13-3-15)28-22(17-6-10-19(11-7-17)24(26)27)14-21(25)16-4-8-18(23)9-5-16/h2-13,22H,14H2,1H3. The number of carbonyl (C=O) groups excluding carboxylic acids is 1. The number of Topliss-reactive ketones (excluding diaryl/α,β-unsaturated/α-hetero) is 1. The first kappa shape index (κ1) is 20.1. The molecule has 0 amide bonds. The normalized spacial score (nSPS) is 11.8. The van der Waals surface area contributed by atoms with Gasteiger partial charge >= 0.3 is 0 Å². The minimum Gasteiger partial charge on any atom is -0.294 e. The third-order valence-corrected chi connectivity index (χ3v) is 5.83. The molecule has 0 heterocycles. The van der Waals surface area contributed by atoms with Crippen molar-refractivity contribution in [2.75, 3.05) is 0 Å². The number of halogens is 1. The lowest BCUT2D eigenvalue weighted by Crippen LogP contribution is -2.05. The molecule has 0 bridgehead atoms. The van der Waals surface area contributed by atoms with E-state index in [0.29, 0.717) is 10.6 Å². The van der Waals surface area contributed by atoms with Crippen molar-refractivity contribution < 1.29 is 9.72 Å². The Morgan fingerprint density at radius 2 is 1.61 bits per heavy atom. The van der Waals surface area contributed by atoms with E-state index in [1.165, 1.54) is 12.1 Å². The Morgan fingerprint density at radius 3 is 2.18 bits per heavy atom. The summed E-state index contributed by atoms with van der Waals surface area (Å²) in [5.41, 5.74) is 2.67. The van der Waals surface area contributed by atoms with Gasteiger partial charge in [-0.15, -0.1) is 11.8 Å². The molecule has 3 aromatic carbocycles. The van der Waals surface area contributed by atoms with E-state index in [9.17, 15) is 14.9 Å². The van der Waals surface area contributed by atoms with Gasteiger partial charge in [0.05, 0.1) is 4.92 Å². The summed E-state index contributed by atoms with van der Waals surface area (Å²) in [4.78, 5) is 24.3. The van der Waals surface area contributed by atoms with Gasteiger partial charge in [0.15, 0.2) is 5.78 Å². The van der Waals surface area contributed by atoms with Crippen LogP contribution >= 0.6 is 23.4 Å². The molecule has 1 atom stereocenters. The van der Waals surface area contributed by atoms with Gasteiger partial charge in [-0.3, -0.25) is 14.9 Å². The average Bonchev–Trinajstić information content (AvgIpc) is 2.69. The number of hydrogen-bond donors (Lipinski definition) is 0. The van der Waals surface area contributed by atoms with Gasteiger partial charge in [-0.25, -0.2) is 0 Å². The van der Waals surface area contributed by atoms with Crippen molar-refractivity contribution in [1.29, 1.82) is 0 Å². The summed E-state index contributed by atoms with van der Waals surface area (Å²) >= 11 is 7.48. The zero-order chi connectivity index (χ0) is 20.1. The Balaban J connectivity index is 1.86. The Hall–Kier alpha value is -2.63. The number of aryl methyl sites for hydroxylation is 1. The molecular weight excluding hydrogens is 394 g/mol. The zero-order valence-electron chi connectivity index (χ0n) is 15.2. The Labute approximate surface area is 172 Å². The molecule has 28 heavy (non-hydrogen) atoms. The van der Waals surface area contributed by atoms with Crippen molar-refractivity contribution in [1.82, 2.24) is 0 Å². The summed E-state index contributed by atoms with van der Waals surface area (Å²) in [6.45, 7) is 2.02. The van der Waals surface area contributed by atoms with Gasteiger partial charge in [-0.1, -0.05) is 41.4 Å². The quantitative estimate of drug-likeness (QED) is 0.189. The zero-order valence-corrected chi connectivity index (χ0v) is 16.7. The maximum absolute atomic E-state index is 12.8. The Bertz CT molecular complexity index is 970. The van der Waals surface area contributed by atoms with Crippen LogP contribution in [0, 0.1) is 17.0 Å². The van der Waals surface area contributed by atoms with Crippen LogP contribution in [0.25, 0.3) is 0 Å². The molecular formula is C22H18ClNO3S. The summed E-state index contributed by atoms with van der Waals surface area (Å²) in [5, 5.41) is 11.4. The van der Waals surface area contributed by atoms with Crippen molar-refractivity contribution >= 4 is 34.8 Å². The molecule has 3 aromatic rings. The highest BCUT2D eigenvalue weighted by molar-refractivity contribution is 7.99. The second-order valence-corrected chi connectivity index (χ2v) is 8.11. The summed E-state index contributed by atoms with van der Waals surface area (Å²) in [6, 6.07) is 21.3. The second kappa shape index (κ2) is 9.04. The van der Waals surface area contributed by atoms with Gasteiger partial charge in [0.2, 0.25) is 0 Å². The van der Waals surface area contributed by atoms with Crippen LogP contribution in [0.1, 0.15) is 33.2 Å². The molecule has 4 nitrogen and oxygen atoms in total. The summed E-state index contributed by atoms with van der Waals surface area (Å²) < 4.78 is 0. The number of hydrogen-bond acceptors (Lipinski definition) is 4. The average molecular weight is 412 g/mol. The molecule has 0 aliphatic carbocycles. The Kier molecular flexibility index (Phi) is 6.49. The van der Waals surface area contributed by atoms with Crippen LogP contribution in [-0.2, 0) is 0 Å². The number of non-ortho nitro benzene ring substituents is 1. The molecule has 0 fully saturated rings. The third-order valence-electron chi connectivity index (χ3n) is 4.31. The number of nitrogens with zero attached hydrogens (tertiary/aromatic N) is 1. The smallest absolute Gasteiger partial charge is 0.269 e. The molecule has 0 N–H and O–H groups in total. The minimum atomic E-state index is -0.426. The lowest BCUT2D eigenvalue weighted by Gasteiger charge is -2.17. The number of thioether (sulfide) groups is 1. The van der Waals surface area contributed by atoms with Crippen LogP contribution in [-0.4, -0.2) is 10.7 Å². The van der Waals surface area contributed by atoms with E-state index in [1.807, 2.05) is 31.2 Å². The number of ketones is 1. The van der Waals surface area contributed by atoms with Crippen LogP contribution in [0.5, 0.6) is 0 Å². The molecule has 0 aliphatic rings. The molecule has 0 aromatic heterocycles. The molecule has 0 saturated heterocycles. The topological polar surface area (TPSA) is 60.2 Å². The summed E-state index contributed by atoms with van der Waals surface area (Å²) in [5.74, 6) is -0.000342. The lowest BCUT2D eigenvalue weighted by atomic mass is 10.0. The van der Waals surface area contributed by atoms with E-state index in [0.717, 1.165) is 16.0 Å². The molecule has 0 saturated carbocycles. The van der Waals surface area contributed by atoms with Gasteiger partial charge in [0, 0.05) is 39.3 Å². The monoisotopic (exact) mass is 411 g/mol. The predicted molar refractivity (Wildman–Crippen MR) is 113 cm³/mol. The van der Waals surface area contributed by atoms with E-state index in [1.54, 1.807) is 48.2 Å². The summed E-state index contributed by atoms with van der Waals surface area (Å²) in [7, 11) is 0. The first-order valence-corrected chi connectivity index (χ1v) is 9.94. The van der Waals surface area contributed by atoms with Gasteiger partial charge in [-0.2, -0.15) is 0 Å². The van der Waals surface area contributed by atoms with Crippen LogP contribution < -0.4 is 0 Å². The van der Waals surface area contributed by atoms with E-state index in [2.05, 4.69) is 0 Å². The minimum absolute atomic E-state index is 0.000342. The molecule has 0 radical (unpaired) electrons. The molecule has 0 spiro atoms. The number of nitro groups is 1. The Morgan fingerprint density at radius 1 is 1.00 bits per heavy atom. The molecule has 0 aliphatic heterocycles. The molecule has 3 rings (SSSR count). The number of nitro benzene ring substituents is 1. The maximum atomic E-state index is 12.8. The lowest BCUT2D eigenvalue weighted by molar-refractivity contribution is -0.384. The van der Waals surface area contributed by atoms with Crippen LogP contribution in [0.4, 0.5) is 5.69 Å². The molecule has 1 unspecified atom stereocenters. The van der Waals surface area contributed by atoms with Crippen LogP contribution in [0.15, 0.2) is 77.7 Å². The van der Waals surface area contributed by atoms with Gasteiger partial charge in [0.1, 0.15) is 0 Å². The largest absolute Gasteiger partial charge is 0.294 e. The van der Waals surface area contributed by atoms with Crippen molar-refractivity contribution in [3.63, 3.8) is 0 Å². The molecule has 142 valence electrons. The van der Waals surface area contributed by atoms with E-state index < -0.39 is 4.92 Å². The first-order valence-electron chi connectivity index (χ1n) is 8.69. The third kappa shape index (κ3) is 5.21. The van der Waals surface area contributed by atoms with Gasteiger partial charge in [0.25, 0.3) is 5.69 Å². The fraction of sp³-hybridized carbons (Fsp3) is 0.136. The maximum Gasteiger partial charge on any atom is 0.269 e. The molecule has 6 heteroatoms. The number of benzene rings is 3. The van der Waals surface area contributed by atoms with E-state index >= 15 is 0 Å². The first-order chi connectivity index (χ1) is 13.4. The van der Waals surface area contributed by atoms with Crippen LogP contribution in [0.2, 0.25) is 5.02 Å². The number of carbonyl (C=O) groups is 1. The van der Waals surface area contributed by atoms with Crippen molar-refractivity contribution in [3.05, 3.63) is 105 Å². The number of rotatable bonds is 7. The highest BCUT2D eigenvalue weighted by Gasteiger charge is 2.20. The van der Waals surface area contributed by atoms with Crippen LogP contribution in [0.3, 0.4) is 0 Å². The fourth-order valence-corrected chi connectivity index (χ4v) is 4.02. The highest BCUT2D eigenvalue weighted by atomic mass is 35.5. The van der Waals surface area contributed by atoms with Gasteiger partial charge < -0.3 is 0 Å². The van der Waals surface area contributed by atoms with Crippen molar-refractivity contribution in [3.8, 4) is 0 Å². The van der Waals surface area contributed by atoms with E-state index in [4.69, 9.17) is 11.6 Å². The van der Waals surface area contributed by atoms with Gasteiger partial charge in [-0.05, 0) is 48.9 Å². The van der Waals surface area contributed by atoms with Crippen molar-refractivity contribution in [2.45, 2.75) is 23.5 Å². The fourth-order valence-electron chi connectivity index (χ4n) is 2.74.